The number of aliphatic imine (C=N–C) groups is 1. The third kappa shape index (κ3) is 7.28. The van der Waals surface area contributed by atoms with Gasteiger partial charge in [0.25, 0.3) is 0 Å². The molecular weight excluding hydrogens is 513 g/mol. The Morgan fingerprint density at radius 3 is 2.70 bits per heavy atom. The van der Waals surface area contributed by atoms with Gasteiger partial charge in [-0.1, -0.05) is 29.8 Å². The molecular formula is C22H31ClIN5O. The fourth-order valence-electron chi connectivity index (χ4n) is 3.50. The number of nitrogens with one attached hydrogen (secondary N) is 2. The maximum absolute atomic E-state index is 6.12. The predicted octanol–water partition coefficient (Wildman–Crippen LogP) is 4.26. The summed E-state index contributed by atoms with van der Waals surface area (Å²) in [5, 5.41) is 7.63. The quantitative estimate of drug-likeness (QED) is 0.310. The highest BCUT2D eigenvalue weighted by Crippen LogP contribution is 2.21. The summed E-state index contributed by atoms with van der Waals surface area (Å²) in [5.41, 5.74) is 1.03. The Bertz CT molecular complexity index is 784. The summed E-state index contributed by atoms with van der Waals surface area (Å²) in [6.45, 7) is 5.38. The van der Waals surface area contributed by atoms with Crippen molar-refractivity contribution in [3.63, 3.8) is 0 Å². The van der Waals surface area contributed by atoms with E-state index in [0.717, 1.165) is 49.8 Å². The number of guanidine groups is 1. The van der Waals surface area contributed by atoms with E-state index in [4.69, 9.17) is 21.3 Å². The molecule has 0 radical (unpaired) electrons. The lowest BCUT2D eigenvalue weighted by atomic mass is 10.1. The molecule has 1 aromatic carbocycles. The van der Waals surface area contributed by atoms with Gasteiger partial charge in [-0.2, -0.15) is 0 Å². The van der Waals surface area contributed by atoms with Crippen LogP contribution in [0.1, 0.15) is 31.4 Å². The van der Waals surface area contributed by atoms with Gasteiger partial charge < -0.3 is 20.3 Å². The van der Waals surface area contributed by atoms with Crippen LogP contribution in [0.3, 0.4) is 0 Å². The summed E-state index contributed by atoms with van der Waals surface area (Å²) in [6.07, 6.45) is 3.81. The molecule has 1 aliphatic heterocycles. The Morgan fingerprint density at radius 2 is 2.07 bits per heavy atom. The van der Waals surface area contributed by atoms with Gasteiger partial charge in [0.2, 0.25) is 0 Å². The smallest absolute Gasteiger partial charge is 0.191 e. The van der Waals surface area contributed by atoms with Crippen LogP contribution < -0.4 is 15.5 Å². The number of methoxy groups -OCH3 is 1. The molecule has 0 saturated carbocycles. The molecule has 2 heterocycles. The zero-order valence-electron chi connectivity index (χ0n) is 17.6. The number of rotatable bonds is 7. The van der Waals surface area contributed by atoms with Crippen LogP contribution in [0.4, 0.5) is 5.82 Å². The van der Waals surface area contributed by atoms with Crippen LogP contribution >= 0.6 is 35.6 Å². The van der Waals surface area contributed by atoms with Crippen molar-refractivity contribution in [3.05, 3.63) is 59.2 Å². The van der Waals surface area contributed by atoms with Crippen LogP contribution in [0.25, 0.3) is 0 Å². The van der Waals surface area contributed by atoms with Crippen molar-refractivity contribution in [1.82, 2.24) is 15.6 Å². The van der Waals surface area contributed by atoms with Gasteiger partial charge in [0, 0.05) is 44.0 Å². The summed E-state index contributed by atoms with van der Waals surface area (Å²) in [6, 6.07) is 14.2. The third-order valence-corrected chi connectivity index (χ3v) is 5.31. The number of nitrogens with zero attached hydrogens (tertiary/aromatic N) is 3. The van der Waals surface area contributed by atoms with Crippen molar-refractivity contribution >= 4 is 47.4 Å². The van der Waals surface area contributed by atoms with Gasteiger partial charge in [-0.25, -0.2) is 4.98 Å². The minimum absolute atomic E-state index is 0. The molecule has 1 unspecified atom stereocenters. The van der Waals surface area contributed by atoms with E-state index >= 15 is 0 Å². The Kier molecular flexibility index (Phi) is 10.7. The topological polar surface area (TPSA) is 61.8 Å². The second-order valence-corrected chi connectivity index (χ2v) is 7.53. The number of pyridine rings is 1. The van der Waals surface area contributed by atoms with E-state index in [-0.39, 0.29) is 30.1 Å². The molecule has 0 bridgehead atoms. The van der Waals surface area contributed by atoms with Gasteiger partial charge in [-0.15, -0.1) is 24.0 Å². The lowest BCUT2D eigenvalue weighted by Gasteiger charge is -2.33. The molecule has 0 spiro atoms. The van der Waals surface area contributed by atoms with Gasteiger partial charge in [-0.3, -0.25) is 4.99 Å². The summed E-state index contributed by atoms with van der Waals surface area (Å²) < 4.78 is 5.64. The number of hydrogen-bond acceptors (Lipinski definition) is 4. The summed E-state index contributed by atoms with van der Waals surface area (Å²) in [5.74, 6) is 1.88. The first-order chi connectivity index (χ1) is 14.2. The van der Waals surface area contributed by atoms with Crippen LogP contribution in [0.2, 0.25) is 5.02 Å². The van der Waals surface area contributed by atoms with Crippen molar-refractivity contribution in [2.24, 2.45) is 4.99 Å². The zero-order chi connectivity index (χ0) is 20.5. The van der Waals surface area contributed by atoms with E-state index in [0.29, 0.717) is 17.6 Å². The number of anilines is 1. The van der Waals surface area contributed by atoms with E-state index in [9.17, 15) is 0 Å². The zero-order valence-corrected chi connectivity index (χ0v) is 20.6. The van der Waals surface area contributed by atoms with Crippen LogP contribution in [0.5, 0.6) is 0 Å². The van der Waals surface area contributed by atoms with Gasteiger partial charge in [0.15, 0.2) is 5.96 Å². The molecule has 3 rings (SSSR count). The number of piperidine rings is 1. The lowest BCUT2D eigenvalue weighted by Crippen LogP contribution is -2.49. The van der Waals surface area contributed by atoms with Crippen molar-refractivity contribution < 1.29 is 4.74 Å². The van der Waals surface area contributed by atoms with E-state index in [1.807, 2.05) is 42.6 Å². The van der Waals surface area contributed by atoms with Gasteiger partial charge in [0.1, 0.15) is 11.9 Å². The molecule has 6 nitrogen and oxygen atoms in total. The maximum atomic E-state index is 6.12. The summed E-state index contributed by atoms with van der Waals surface area (Å²) in [7, 11) is 1.70. The van der Waals surface area contributed by atoms with Crippen molar-refractivity contribution in [2.75, 3.05) is 38.2 Å². The molecule has 0 amide bonds. The van der Waals surface area contributed by atoms with Gasteiger partial charge in [-0.05, 0) is 49.6 Å². The molecule has 2 N–H and O–H groups in total. The van der Waals surface area contributed by atoms with Crippen molar-refractivity contribution in [2.45, 2.75) is 31.9 Å². The Hall–Kier alpha value is -1.58. The number of aromatic nitrogens is 1. The molecule has 30 heavy (non-hydrogen) atoms. The first-order valence-electron chi connectivity index (χ1n) is 10.2. The third-order valence-electron chi connectivity index (χ3n) is 5.07. The highest BCUT2D eigenvalue weighted by Gasteiger charge is 2.21. The van der Waals surface area contributed by atoms with E-state index in [2.05, 4.69) is 33.5 Å². The molecule has 8 heteroatoms. The van der Waals surface area contributed by atoms with Gasteiger partial charge >= 0.3 is 0 Å². The fraction of sp³-hybridized carbons (Fsp3) is 0.455. The maximum Gasteiger partial charge on any atom is 0.191 e. The molecule has 1 saturated heterocycles. The van der Waals surface area contributed by atoms with Crippen LogP contribution in [0, 0.1) is 0 Å². The molecule has 1 fully saturated rings. The second-order valence-electron chi connectivity index (χ2n) is 7.09. The van der Waals surface area contributed by atoms with Crippen molar-refractivity contribution in [3.8, 4) is 0 Å². The minimum Gasteiger partial charge on any atom is -0.375 e. The van der Waals surface area contributed by atoms with Crippen LogP contribution in [0.15, 0.2) is 53.7 Å². The van der Waals surface area contributed by atoms with E-state index in [1.165, 1.54) is 0 Å². The molecule has 2 aromatic rings. The lowest BCUT2D eigenvalue weighted by molar-refractivity contribution is 0.111. The highest BCUT2D eigenvalue weighted by molar-refractivity contribution is 14.0. The van der Waals surface area contributed by atoms with E-state index in [1.54, 1.807) is 7.11 Å². The highest BCUT2D eigenvalue weighted by atomic mass is 127. The summed E-state index contributed by atoms with van der Waals surface area (Å²) >= 11 is 6.12. The molecule has 0 aliphatic carbocycles. The molecule has 164 valence electrons. The first kappa shape index (κ1) is 24.7. The SMILES string of the molecule is CCNC(=NCC(OC)c1cccc(Cl)c1)NC1CCN(c2ccccn2)CC1.I. The molecule has 1 aliphatic rings. The second kappa shape index (κ2) is 13.0. The van der Waals surface area contributed by atoms with Gasteiger partial charge in [0.05, 0.1) is 6.54 Å². The minimum atomic E-state index is -0.129. The van der Waals surface area contributed by atoms with E-state index < -0.39 is 0 Å². The Morgan fingerprint density at radius 1 is 1.27 bits per heavy atom. The monoisotopic (exact) mass is 543 g/mol. The average Bonchev–Trinajstić information content (AvgIpc) is 2.75. The van der Waals surface area contributed by atoms with Crippen LogP contribution in [-0.4, -0.2) is 50.3 Å². The summed E-state index contributed by atoms with van der Waals surface area (Å²) in [4.78, 5) is 11.6. The van der Waals surface area contributed by atoms with Crippen molar-refractivity contribution in [1.29, 1.82) is 0 Å². The number of hydrogen-bond donors (Lipinski definition) is 2. The normalized spacial score (nSPS) is 16.0. The standard InChI is InChI=1S/C22H30ClN5O.HI/c1-3-24-22(26-16-20(29-2)17-7-6-8-18(23)15-17)27-19-10-13-28(14-11-19)21-9-4-5-12-25-21;/h4-9,12,15,19-20H,3,10-11,13-14,16H2,1-2H3,(H2,24,26,27);1H. The Labute approximate surface area is 201 Å². The Balaban J connectivity index is 0.00000320. The molecule has 1 atom stereocenters. The van der Waals surface area contributed by atoms with Crippen LogP contribution in [-0.2, 0) is 4.74 Å². The largest absolute Gasteiger partial charge is 0.375 e. The average molecular weight is 544 g/mol. The number of benzene rings is 1. The predicted molar refractivity (Wildman–Crippen MR) is 135 cm³/mol. The fourth-order valence-corrected chi connectivity index (χ4v) is 3.70. The molecule has 1 aromatic heterocycles. The first-order valence-corrected chi connectivity index (χ1v) is 10.6. The number of ether oxygens (including phenoxy) is 1. The number of halogens is 2.